The Morgan fingerprint density at radius 1 is 1.18 bits per heavy atom. The largest absolute Gasteiger partial charge is 0.252 e. The van der Waals surface area contributed by atoms with Gasteiger partial charge in [-0.15, -0.1) is 0 Å². The van der Waals surface area contributed by atoms with Crippen LogP contribution in [0, 0.1) is 0 Å². The molecule has 0 N–H and O–H groups in total. The van der Waals surface area contributed by atoms with Gasteiger partial charge in [-0.1, -0.05) is 50.0 Å². The minimum atomic E-state index is -3.31. The second kappa shape index (κ2) is 5.60. The fourth-order valence-electron chi connectivity index (χ4n) is 1.17. The van der Waals surface area contributed by atoms with E-state index < -0.39 is 18.1 Å². The summed E-state index contributed by atoms with van der Waals surface area (Å²) in [7, 11) is -4.64. The molecule has 5 heteroatoms. The highest BCUT2D eigenvalue weighted by atomic mass is 32.2. The molecule has 0 aliphatic heterocycles. The highest BCUT2D eigenvalue weighted by molar-refractivity contribution is 7.90. The second-order valence-electron chi connectivity index (χ2n) is 5.24. The van der Waals surface area contributed by atoms with Crippen LogP contribution in [0.15, 0.2) is 34.7 Å². The minimum Gasteiger partial charge on any atom is -0.205 e. The summed E-state index contributed by atoms with van der Waals surface area (Å²) < 4.78 is 27.0. The van der Waals surface area contributed by atoms with Crippen molar-refractivity contribution in [2.24, 2.45) is 4.40 Å². The quantitative estimate of drug-likeness (QED) is 0.609. The van der Waals surface area contributed by atoms with Crippen molar-refractivity contribution in [1.29, 1.82) is 0 Å². The van der Waals surface area contributed by atoms with Gasteiger partial charge in [0.05, 0.1) is 5.75 Å². The monoisotopic (exact) mass is 269 g/mol. The van der Waals surface area contributed by atoms with Crippen molar-refractivity contribution in [3.05, 3.63) is 35.9 Å². The molecule has 3 nitrogen and oxygen atoms in total. The maximum Gasteiger partial charge on any atom is 0.252 e. The molecule has 0 radical (unpaired) electrons. The Bertz CT molecular complexity index is 475. The first-order valence-corrected chi connectivity index (χ1v) is 10.9. The van der Waals surface area contributed by atoms with Crippen molar-refractivity contribution in [3.8, 4) is 0 Å². The molecule has 0 aromatic heterocycles. The zero-order valence-electron chi connectivity index (χ0n) is 10.6. The molecule has 0 spiro atoms. The van der Waals surface area contributed by atoms with E-state index in [0.717, 1.165) is 11.6 Å². The molecule has 17 heavy (non-hydrogen) atoms. The Labute approximate surface area is 105 Å². The molecule has 0 aliphatic carbocycles. The van der Waals surface area contributed by atoms with Crippen molar-refractivity contribution in [2.45, 2.75) is 25.7 Å². The third-order valence-corrected chi connectivity index (χ3v) is 5.53. The summed E-state index contributed by atoms with van der Waals surface area (Å²) in [5, 5.41) is 0. The Balaban J connectivity index is 2.65. The van der Waals surface area contributed by atoms with Crippen LogP contribution in [0.2, 0.25) is 25.7 Å². The van der Waals surface area contributed by atoms with Gasteiger partial charge in [0.15, 0.2) is 0 Å². The summed E-state index contributed by atoms with van der Waals surface area (Å²) >= 11 is 0. The van der Waals surface area contributed by atoms with E-state index in [-0.39, 0.29) is 5.75 Å². The molecule has 0 unspecified atom stereocenters. The Kier molecular flexibility index (Phi) is 4.65. The summed E-state index contributed by atoms with van der Waals surface area (Å²) in [5.74, 6) is 0.159. The van der Waals surface area contributed by atoms with E-state index in [4.69, 9.17) is 0 Å². The van der Waals surface area contributed by atoms with Gasteiger partial charge >= 0.3 is 0 Å². The van der Waals surface area contributed by atoms with Gasteiger partial charge in [0.25, 0.3) is 10.0 Å². The topological polar surface area (TPSA) is 46.5 Å². The van der Waals surface area contributed by atoms with Crippen molar-refractivity contribution in [3.63, 3.8) is 0 Å². The molecule has 0 amide bonds. The summed E-state index contributed by atoms with van der Waals surface area (Å²) in [5.41, 5.74) is 0.809. The number of sulfonamides is 1. The molecule has 0 aliphatic rings. The normalized spacial score (nSPS) is 13.1. The average Bonchev–Trinajstić information content (AvgIpc) is 2.25. The first kappa shape index (κ1) is 14.1. The van der Waals surface area contributed by atoms with Crippen LogP contribution in [-0.4, -0.2) is 28.5 Å². The third kappa shape index (κ3) is 6.38. The maximum atomic E-state index is 11.7. The molecule has 0 bridgehead atoms. The van der Waals surface area contributed by atoms with Gasteiger partial charge in [0, 0.05) is 14.3 Å². The number of rotatable bonds is 5. The van der Waals surface area contributed by atoms with E-state index in [2.05, 4.69) is 24.0 Å². The van der Waals surface area contributed by atoms with E-state index >= 15 is 0 Å². The van der Waals surface area contributed by atoms with Crippen LogP contribution >= 0.6 is 0 Å². The SMILES string of the molecule is C[Si](C)(C)CCS(=O)(=O)/N=C/c1ccccc1. The van der Waals surface area contributed by atoms with Gasteiger partial charge < -0.3 is 0 Å². The van der Waals surface area contributed by atoms with Crippen LogP contribution in [0.25, 0.3) is 0 Å². The zero-order chi connectivity index (χ0) is 12.9. The number of benzene rings is 1. The van der Waals surface area contributed by atoms with Gasteiger partial charge in [0.1, 0.15) is 0 Å². The lowest BCUT2D eigenvalue weighted by molar-refractivity contribution is 0.599. The van der Waals surface area contributed by atoms with E-state index in [0.29, 0.717) is 0 Å². The first-order chi connectivity index (χ1) is 7.79. The first-order valence-electron chi connectivity index (χ1n) is 5.62. The average molecular weight is 269 g/mol. The predicted molar refractivity (Wildman–Crippen MR) is 76.0 cm³/mol. The molecule has 0 atom stereocenters. The van der Waals surface area contributed by atoms with Crippen LogP contribution in [0.5, 0.6) is 0 Å². The van der Waals surface area contributed by atoms with Gasteiger partial charge in [0.2, 0.25) is 0 Å². The molecule has 1 aromatic carbocycles. The predicted octanol–water partition coefficient (Wildman–Crippen LogP) is 2.77. The number of hydrogen-bond acceptors (Lipinski definition) is 2. The van der Waals surface area contributed by atoms with Crippen LogP contribution < -0.4 is 0 Å². The van der Waals surface area contributed by atoms with Crippen molar-refractivity contribution >= 4 is 24.3 Å². The lowest BCUT2D eigenvalue weighted by Crippen LogP contribution is -2.23. The molecular weight excluding hydrogens is 250 g/mol. The van der Waals surface area contributed by atoms with Gasteiger partial charge in [-0.2, -0.15) is 4.40 Å². The zero-order valence-corrected chi connectivity index (χ0v) is 12.4. The Hall–Kier alpha value is -0.943. The van der Waals surface area contributed by atoms with Crippen molar-refractivity contribution in [1.82, 2.24) is 0 Å². The fraction of sp³-hybridized carbons (Fsp3) is 0.417. The molecule has 0 saturated heterocycles. The molecule has 1 rings (SSSR count). The molecule has 0 heterocycles. The molecular formula is C12H19NO2SSi. The van der Waals surface area contributed by atoms with Crippen LogP contribution in [-0.2, 0) is 10.0 Å². The summed E-state index contributed by atoms with van der Waals surface area (Å²) in [6, 6.07) is 10.0. The fourth-order valence-corrected chi connectivity index (χ4v) is 5.04. The standard InChI is InChI=1S/C12H19NO2SSi/c1-17(2,3)10-9-16(14,15)13-11-12-7-5-4-6-8-12/h4-8,11H,9-10H2,1-3H3/b13-11+. The lowest BCUT2D eigenvalue weighted by Gasteiger charge is -2.13. The third-order valence-electron chi connectivity index (χ3n) is 2.27. The van der Waals surface area contributed by atoms with Gasteiger partial charge in [-0.05, 0) is 11.6 Å². The lowest BCUT2D eigenvalue weighted by atomic mass is 10.2. The maximum absolute atomic E-state index is 11.7. The van der Waals surface area contributed by atoms with Crippen molar-refractivity contribution in [2.75, 3.05) is 5.75 Å². The Morgan fingerprint density at radius 3 is 2.29 bits per heavy atom. The smallest absolute Gasteiger partial charge is 0.205 e. The summed E-state index contributed by atoms with van der Waals surface area (Å²) in [6.45, 7) is 6.47. The van der Waals surface area contributed by atoms with E-state index in [1.807, 2.05) is 30.3 Å². The van der Waals surface area contributed by atoms with Gasteiger partial charge in [-0.3, -0.25) is 0 Å². The van der Waals surface area contributed by atoms with Crippen LogP contribution in [0.3, 0.4) is 0 Å². The molecule has 1 aromatic rings. The number of hydrogen-bond donors (Lipinski definition) is 0. The van der Waals surface area contributed by atoms with Crippen LogP contribution in [0.1, 0.15) is 5.56 Å². The number of nitrogens with zero attached hydrogens (tertiary/aromatic N) is 1. The summed E-state index contributed by atoms with van der Waals surface area (Å²) in [6.07, 6.45) is 1.42. The second-order valence-corrected chi connectivity index (χ2v) is 12.6. The molecule has 0 saturated carbocycles. The molecule has 0 fully saturated rings. The van der Waals surface area contributed by atoms with E-state index in [1.54, 1.807) is 0 Å². The Morgan fingerprint density at radius 2 is 1.76 bits per heavy atom. The van der Waals surface area contributed by atoms with Crippen LogP contribution in [0.4, 0.5) is 0 Å². The minimum absolute atomic E-state index is 0.159. The van der Waals surface area contributed by atoms with E-state index in [1.165, 1.54) is 6.21 Å². The highest BCUT2D eigenvalue weighted by Crippen LogP contribution is 2.10. The molecule has 94 valence electrons. The highest BCUT2D eigenvalue weighted by Gasteiger charge is 2.17. The van der Waals surface area contributed by atoms with Gasteiger partial charge in [-0.25, -0.2) is 8.42 Å². The summed E-state index contributed by atoms with van der Waals surface area (Å²) in [4.78, 5) is 0. The van der Waals surface area contributed by atoms with Crippen molar-refractivity contribution < 1.29 is 8.42 Å². The van der Waals surface area contributed by atoms with E-state index in [9.17, 15) is 8.42 Å².